The number of aryl methyl sites for hydroxylation is 1. The first-order valence-electron chi connectivity index (χ1n) is 9.91. The summed E-state index contributed by atoms with van der Waals surface area (Å²) in [6.45, 7) is 2.41. The number of nitrogens with zero attached hydrogens (tertiary/aromatic N) is 2. The zero-order chi connectivity index (χ0) is 21.8. The van der Waals surface area contributed by atoms with E-state index in [1.165, 1.54) is 0 Å². The molecule has 0 unspecified atom stereocenters. The Morgan fingerprint density at radius 2 is 1.84 bits per heavy atom. The van der Waals surface area contributed by atoms with E-state index in [4.69, 9.17) is 21.1 Å². The predicted octanol–water partition coefficient (Wildman–Crippen LogP) is 5.39. The van der Waals surface area contributed by atoms with E-state index < -0.39 is 0 Å². The molecule has 0 aliphatic heterocycles. The molecule has 7 heteroatoms. The third-order valence-electron chi connectivity index (χ3n) is 4.89. The molecule has 0 bridgehead atoms. The van der Waals surface area contributed by atoms with Crippen LogP contribution in [-0.2, 0) is 13.0 Å². The van der Waals surface area contributed by atoms with Crippen LogP contribution in [0.4, 0.5) is 5.69 Å². The van der Waals surface area contributed by atoms with E-state index in [9.17, 15) is 4.79 Å². The number of carbonyl (C=O) groups is 1. The summed E-state index contributed by atoms with van der Waals surface area (Å²) in [4.78, 5) is 17.6. The fourth-order valence-corrected chi connectivity index (χ4v) is 3.43. The Bertz CT molecular complexity index is 1200. The molecule has 4 rings (SSSR count). The second kappa shape index (κ2) is 9.10. The molecule has 158 valence electrons. The summed E-state index contributed by atoms with van der Waals surface area (Å²) < 4.78 is 12.9. The Labute approximate surface area is 185 Å². The molecule has 1 N–H and O–H groups in total. The molecule has 2 aromatic carbocycles. The number of fused-ring (bicyclic) bond motifs is 1. The lowest BCUT2D eigenvalue weighted by molar-refractivity contribution is 0.102. The van der Waals surface area contributed by atoms with E-state index >= 15 is 0 Å². The molecule has 0 radical (unpaired) electrons. The molecular formula is C24H22ClN3O3. The van der Waals surface area contributed by atoms with Gasteiger partial charge in [-0.1, -0.05) is 30.7 Å². The van der Waals surface area contributed by atoms with Crippen molar-refractivity contribution in [2.45, 2.75) is 20.0 Å². The molecular weight excluding hydrogens is 414 g/mol. The van der Waals surface area contributed by atoms with Crippen LogP contribution in [0.15, 0.2) is 66.9 Å². The topological polar surface area (TPSA) is 64.9 Å². The molecule has 2 aromatic heterocycles. The molecule has 4 aromatic rings. The highest BCUT2D eigenvalue weighted by Gasteiger charge is 2.20. The fraction of sp³-hybridized carbons (Fsp3) is 0.167. The van der Waals surface area contributed by atoms with Crippen LogP contribution in [0.3, 0.4) is 0 Å². The lowest BCUT2D eigenvalue weighted by Gasteiger charge is -2.09. The zero-order valence-corrected chi connectivity index (χ0v) is 18.0. The van der Waals surface area contributed by atoms with Crippen LogP contribution in [-0.4, -0.2) is 22.4 Å². The number of aromatic nitrogens is 2. The lowest BCUT2D eigenvalue weighted by Crippen LogP contribution is -2.16. The van der Waals surface area contributed by atoms with Crippen LogP contribution in [0.5, 0.6) is 11.5 Å². The van der Waals surface area contributed by atoms with Crippen molar-refractivity contribution in [3.05, 3.63) is 88.8 Å². The number of methoxy groups -OCH3 is 1. The van der Waals surface area contributed by atoms with Gasteiger partial charge in [0.25, 0.3) is 5.91 Å². The largest absolute Gasteiger partial charge is 0.493 e. The molecule has 0 spiro atoms. The fourth-order valence-electron chi connectivity index (χ4n) is 3.31. The van der Waals surface area contributed by atoms with Gasteiger partial charge in [0, 0.05) is 16.9 Å². The summed E-state index contributed by atoms with van der Waals surface area (Å²) in [5.74, 6) is 1.10. The maximum Gasteiger partial charge on any atom is 0.274 e. The summed E-state index contributed by atoms with van der Waals surface area (Å²) in [5, 5.41) is 3.64. The quantitative estimate of drug-likeness (QED) is 0.422. The number of halogens is 1. The van der Waals surface area contributed by atoms with Gasteiger partial charge in [-0.15, -0.1) is 0 Å². The third kappa shape index (κ3) is 4.49. The predicted molar refractivity (Wildman–Crippen MR) is 121 cm³/mol. The van der Waals surface area contributed by atoms with Crippen molar-refractivity contribution in [2.75, 3.05) is 12.4 Å². The molecule has 0 saturated heterocycles. The van der Waals surface area contributed by atoms with Gasteiger partial charge >= 0.3 is 0 Å². The van der Waals surface area contributed by atoms with E-state index in [0.29, 0.717) is 52.3 Å². The molecule has 0 atom stereocenters. The van der Waals surface area contributed by atoms with E-state index in [-0.39, 0.29) is 5.91 Å². The van der Waals surface area contributed by atoms with Crippen LogP contribution in [0.1, 0.15) is 28.7 Å². The van der Waals surface area contributed by atoms with Crippen molar-refractivity contribution in [3.63, 3.8) is 0 Å². The second-order valence-corrected chi connectivity index (χ2v) is 7.36. The molecule has 0 aliphatic rings. The van der Waals surface area contributed by atoms with Gasteiger partial charge in [0.2, 0.25) is 0 Å². The minimum Gasteiger partial charge on any atom is -0.493 e. The van der Waals surface area contributed by atoms with Crippen LogP contribution in [0, 0.1) is 0 Å². The summed E-state index contributed by atoms with van der Waals surface area (Å²) in [5.41, 5.74) is 3.53. The third-order valence-corrected chi connectivity index (χ3v) is 5.14. The van der Waals surface area contributed by atoms with Gasteiger partial charge in [-0.2, -0.15) is 0 Å². The maximum atomic E-state index is 13.0. The number of rotatable bonds is 7. The first kappa shape index (κ1) is 20.8. The van der Waals surface area contributed by atoms with Crippen LogP contribution < -0.4 is 14.8 Å². The second-order valence-electron chi connectivity index (χ2n) is 6.92. The highest BCUT2D eigenvalue weighted by atomic mass is 35.5. The van der Waals surface area contributed by atoms with Crippen molar-refractivity contribution in [1.82, 2.24) is 9.38 Å². The number of hydrogen-bond acceptors (Lipinski definition) is 4. The SMILES string of the molecule is CCc1nc2c(OC)cccn2c1C(=O)Nc1ccc(OCc2ccc(Cl)cc2)cc1. The number of nitrogens with one attached hydrogen (secondary N) is 1. The van der Waals surface area contributed by atoms with Gasteiger partial charge in [-0.05, 0) is 60.5 Å². The maximum absolute atomic E-state index is 13.0. The minimum absolute atomic E-state index is 0.229. The van der Waals surface area contributed by atoms with E-state index in [1.807, 2.05) is 73.8 Å². The van der Waals surface area contributed by atoms with E-state index in [0.717, 1.165) is 5.56 Å². The number of amides is 1. The van der Waals surface area contributed by atoms with Crippen molar-refractivity contribution in [1.29, 1.82) is 0 Å². The van der Waals surface area contributed by atoms with E-state index in [2.05, 4.69) is 10.3 Å². The monoisotopic (exact) mass is 435 g/mol. The zero-order valence-electron chi connectivity index (χ0n) is 17.3. The molecule has 0 aliphatic carbocycles. The first-order chi connectivity index (χ1) is 15.1. The van der Waals surface area contributed by atoms with Gasteiger partial charge in [-0.3, -0.25) is 9.20 Å². The standard InChI is InChI=1S/C24H22ClN3O3/c1-3-20-22(28-14-4-5-21(30-2)23(28)27-20)24(29)26-18-10-12-19(13-11-18)31-15-16-6-8-17(25)9-7-16/h4-14H,3,15H2,1-2H3,(H,26,29). The van der Waals surface area contributed by atoms with Gasteiger partial charge in [0.1, 0.15) is 18.1 Å². The van der Waals surface area contributed by atoms with Gasteiger partial charge in [0.15, 0.2) is 11.4 Å². The smallest absolute Gasteiger partial charge is 0.274 e. The normalized spacial score (nSPS) is 10.8. The minimum atomic E-state index is -0.229. The average molecular weight is 436 g/mol. The van der Waals surface area contributed by atoms with Crippen molar-refractivity contribution in [2.24, 2.45) is 0 Å². The summed E-state index contributed by atoms with van der Waals surface area (Å²) in [7, 11) is 1.59. The Kier molecular flexibility index (Phi) is 6.09. The highest BCUT2D eigenvalue weighted by molar-refractivity contribution is 6.30. The van der Waals surface area contributed by atoms with Gasteiger partial charge < -0.3 is 14.8 Å². The number of anilines is 1. The molecule has 0 fully saturated rings. The number of imidazole rings is 1. The van der Waals surface area contributed by atoms with Crippen molar-refractivity contribution < 1.29 is 14.3 Å². The van der Waals surface area contributed by atoms with Crippen molar-refractivity contribution in [3.8, 4) is 11.5 Å². The number of ether oxygens (including phenoxy) is 2. The number of carbonyl (C=O) groups excluding carboxylic acids is 1. The Balaban J connectivity index is 1.48. The van der Waals surface area contributed by atoms with Gasteiger partial charge in [0.05, 0.1) is 12.8 Å². The summed E-state index contributed by atoms with van der Waals surface area (Å²) in [6.07, 6.45) is 2.44. The van der Waals surface area contributed by atoms with Crippen molar-refractivity contribution >= 4 is 28.8 Å². The molecule has 6 nitrogen and oxygen atoms in total. The molecule has 31 heavy (non-hydrogen) atoms. The molecule has 0 saturated carbocycles. The van der Waals surface area contributed by atoms with Crippen LogP contribution >= 0.6 is 11.6 Å². The number of pyridine rings is 1. The number of benzene rings is 2. The van der Waals surface area contributed by atoms with E-state index in [1.54, 1.807) is 11.5 Å². The Hall–Kier alpha value is -3.51. The Morgan fingerprint density at radius 1 is 1.10 bits per heavy atom. The highest BCUT2D eigenvalue weighted by Crippen LogP contribution is 2.24. The summed E-state index contributed by atoms with van der Waals surface area (Å²) >= 11 is 5.90. The lowest BCUT2D eigenvalue weighted by atomic mass is 10.2. The van der Waals surface area contributed by atoms with Crippen LogP contribution in [0.2, 0.25) is 5.02 Å². The molecule has 1 amide bonds. The van der Waals surface area contributed by atoms with Crippen LogP contribution in [0.25, 0.3) is 5.65 Å². The molecule has 2 heterocycles. The first-order valence-corrected chi connectivity index (χ1v) is 10.3. The summed E-state index contributed by atoms with van der Waals surface area (Å²) in [6, 6.07) is 18.4. The Morgan fingerprint density at radius 3 is 2.52 bits per heavy atom. The van der Waals surface area contributed by atoms with Gasteiger partial charge in [-0.25, -0.2) is 4.98 Å². The average Bonchev–Trinajstić information content (AvgIpc) is 3.18. The number of hydrogen-bond donors (Lipinski definition) is 1.